The van der Waals surface area contributed by atoms with Crippen LogP contribution >= 0.6 is 11.6 Å². The number of morpholine rings is 1. The molecule has 0 radical (unpaired) electrons. The van der Waals surface area contributed by atoms with Crippen molar-refractivity contribution in [2.45, 2.75) is 6.04 Å². The summed E-state index contributed by atoms with van der Waals surface area (Å²) in [5, 5.41) is 9.20. The first-order valence-electron chi connectivity index (χ1n) is 5.57. The molecular weight excluding hydrogens is 277 g/mol. The van der Waals surface area contributed by atoms with E-state index < -0.39 is 23.7 Å². The summed E-state index contributed by atoms with van der Waals surface area (Å²) < 4.78 is 18.7. The molecule has 0 spiro atoms. The van der Waals surface area contributed by atoms with Crippen LogP contribution < -0.4 is 0 Å². The molecule has 0 aromatic heterocycles. The zero-order chi connectivity index (χ0) is 14.0. The van der Waals surface area contributed by atoms with Crippen LogP contribution in [0.5, 0.6) is 0 Å². The maximum atomic E-state index is 13.7. The summed E-state index contributed by atoms with van der Waals surface area (Å²) >= 11 is 5.61. The van der Waals surface area contributed by atoms with Gasteiger partial charge in [-0.1, -0.05) is 11.6 Å². The Morgan fingerprint density at radius 1 is 1.47 bits per heavy atom. The van der Waals surface area contributed by atoms with Gasteiger partial charge in [-0.25, -0.2) is 9.18 Å². The maximum absolute atomic E-state index is 13.7. The number of hydrogen-bond donors (Lipinski definition) is 1. The van der Waals surface area contributed by atoms with Crippen molar-refractivity contribution >= 4 is 23.5 Å². The zero-order valence-electron chi connectivity index (χ0n) is 9.81. The number of carboxylic acid groups (broad SMARTS) is 1. The van der Waals surface area contributed by atoms with Crippen molar-refractivity contribution in [3.8, 4) is 0 Å². The van der Waals surface area contributed by atoms with Gasteiger partial charge >= 0.3 is 5.97 Å². The number of amides is 1. The molecule has 7 heteroatoms. The Kier molecular flexibility index (Phi) is 4.01. The van der Waals surface area contributed by atoms with E-state index in [1.165, 1.54) is 12.1 Å². The van der Waals surface area contributed by atoms with Gasteiger partial charge in [-0.3, -0.25) is 4.79 Å². The predicted octanol–water partition coefficient (Wildman–Crippen LogP) is 1.40. The van der Waals surface area contributed by atoms with E-state index in [0.717, 1.165) is 11.0 Å². The first-order chi connectivity index (χ1) is 9.00. The van der Waals surface area contributed by atoms with Crippen molar-refractivity contribution in [3.05, 3.63) is 34.6 Å². The molecule has 1 saturated heterocycles. The van der Waals surface area contributed by atoms with E-state index in [0.29, 0.717) is 0 Å². The quantitative estimate of drug-likeness (QED) is 0.893. The third-order valence-electron chi connectivity index (χ3n) is 2.84. The first-order valence-corrected chi connectivity index (χ1v) is 5.95. The lowest BCUT2D eigenvalue weighted by atomic mass is 10.1. The van der Waals surface area contributed by atoms with Crippen LogP contribution in [0, 0.1) is 5.82 Å². The molecule has 1 aromatic carbocycles. The van der Waals surface area contributed by atoms with Gasteiger partial charge in [0.1, 0.15) is 5.82 Å². The van der Waals surface area contributed by atoms with Crippen molar-refractivity contribution in [3.63, 3.8) is 0 Å². The molecule has 1 heterocycles. The topological polar surface area (TPSA) is 66.8 Å². The van der Waals surface area contributed by atoms with E-state index in [1.54, 1.807) is 0 Å². The van der Waals surface area contributed by atoms with Gasteiger partial charge in [0.15, 0.2) is 6.04 Å². The van der Waals surface area contributed by atoms with Crippen LogP contribution in [0.15, 0.2) is 18.2 Å². The summed E-state index contributed by atoms with van der Waals surface area (Å²) in [4.78, 5) is 24.3. The number of ether oxygens (including phenoxy) is 1. The largest absolute Gasteiger partial charge is 0.480 e. The van der Waals surface area contributed by atoms with E-state index >= 15 is 0 Å². The van der Waals surface area contributed by atoms with Crippen molar-refractivity contribution < 1.29 is 23.8 Å². The van der Waals surface area contributed by atoms with Crippen LogP contribution in [0.4, 0.5) is 4.39 Å². The van der Waals surface area contributed by atoms with Crippen LogP contribution in [-0.4, -0.2) is 47.7 Å². The Hall–Kier alpha value is -1.66. The number of halogens is 2. The van der Waals surface area contributed by atoms with Gasteiger partial charge in [0.2, 0.25) is 0 Å². The normalized spacial score (nSPS) is 19.3. The number of carboxylic acids is 1. The minimum absolute atomic E-state index is 0.101. The van der Waals surface area contributed by atoms with E-state index in [4.69, 9.17) is 21.4 Å². The average Bonchev–Trinajstić information content (AvgIpc) is 2.38. The Bertz CT molecular complexity index is 522. The van der Waals surface area contributed by atoms with E-state index in [1.807, 2.05) is 0 Å². The third kappa shape index (κ3) is 2.85. The Labute approximate surface area is 113 Å². The number of hydrogen-bond acceptors (Lipinski definition) is 3. The first kappa shape index (κ1) is 13.8. The number of nitrogens with zero attached hydrogens (tertiary/aromatic N) is 1. The van der Waals surface area contributed by atoms with Gasteiger partial charge in [0, 0.05) is 11.6 Å². The van der Waals surface area contributed by atoms with Gasteiger partial charge in [0.05, 0.1) is 18.8 Å². The van der Waals surface area contributed by atoms with Crippen molar-refractivity contribution in [1.82, 2.24) is 4.90 Å². The second-order valence-electron chi connectivity index (χ2n) is 4.05. The average molecular weight is 288 g/mol. The molecule has 1 N–H and O–H groups in total. The Balaban J connectivity index is 2.28. The lowest BCUT2D eigenvalue weighted by Crippen LogP contribution is -2.52. The zero-order valence-corrected chi connectivity index (χ0v) is 10.6. The summed E-state index contributed by atoms with van der Waals surface area (Å²) in [6.45, 7) is 0.235. The molecule has 1 atom stereocenters. The summed E-state index contributed by atoms with van der Waals surface area (Å²) in [6.07, 6.45) is 0. The molecule has 0 unspecified atom stereocenters. The highest BCUT2D eigenvalue weighted by Gasteiger charge is 2.34. The molecule has 0 bridgehead atoms. The van der Waals surface area contributed by atoms with E-state index in [9.17, 15) is 14.0 Å². The van der Waals surface area contributed by atoms with Crippen LogP contribution in [0.3, 0.4) is 0 Å². The number of rotatable bonds is 2. The van der Waals surface area contributed by atoms with Gasteiger partial charge in [-0.15, -0.1) is 0 Å². The van der Waals surface area contributed by atoms with Crippen LogP contribution in [0.1, 0.15) is 10.4 Å². The number of carbonyl (C=O) groups excluding carboxylic acids is 1. The number of aliphatic carboxylic acids is 1. The molecule has 1 amide bonds. The smallest absolute Gasteiger partial charge is 0.328 e. The van der Waals surface area contributed by atoms with Crippen LogP contribution in [0.2, 0.25) is 5.02 Å². The van der Waals surface area contributed by atoms with Crippen LogP contribution in [0.25, 0.3) is 0 Å². The predicted molar refractivity (Wildman–Crippen MR) is 64.7 cm³/mol. The molecule has 19 heavy (non-hydrogen) atoms. The fraction of sp³-hybridized carbons (Fsp3) is 0.333. The minimum Gasteiger partial charge on any atom is -0.480 e. The lowest BCUT2D eigenvalue weighted by molar-refractivity contribution is -0.147. The minimum atomic E-state index is -1.18. The lowest BCUT2D eigenvalue weighted by Gasteiger charge is -2.32. The van der Waals surface area contributed by atoms with Gasteiger partial charge in [0.25, 0.3) is 5.91 Å². The highest BCUT2D eigenvalue weighted by atomic mass is 35.5. The second kappa shape index (κ2) is 5.54. The molecule has 0 saturated carbocycles. The van der Waals surface area contributed by atoms with Crippen molar-refractivity contribution in [1.29, 1.82) is 0 Å². The monoisotopic (exact) mass is 287 g/mol. The molecular formula is C12H11ClFNO4. The van der Waals surface area contributed by atoms with Crippen LogP contribution in [-0.2, 0) is 9.53 Å². The van der Waals surface area contributed by atoms with E-state index in [2.05, 4.69) is 0 Å². The third-order valence-corrected chi connectivity index (χ3v) is 3.07. The molecule has 0 aliphatic carbocycles. The SMILES string of the molecule is O=C(O)[C@H]1COCCN1C(=O)c1ccc(Cl)cc1F. The maximum Gasteiger partial charge on any atom is 0.328 e. The standard InChI is InChI=1S/C12H11ClFNO4/c13-7-1-2-8(9(14)5-7)11(16)15-3-4-19-6-10(15)12(17)18/h1-2,5,10H,3-4,6H2,(H,17,18)/t10-/m1/s1. The number of benzene rings is 1. The molecule has 1 aliphatic rings. The van der Waals surface area contributed by atoms with Gasteiger partial charge in [-0.2, -0.15) is 0 Å². The fourth-order valence-electron chi connectivity index (χ4n) is 1.87. The molecule has 1 fully saturated rings. The molecule has 1 aliphatic heterocycles. The Morgan fingerprint density at radius 2 is 2.21 bits per heavy atom. The summed E-state index contributed by atoms with van der Waals surface area (Å²) in [5.41, 5.74) is -0.197. The molecule has 1 aromatic rings. The van der Waals surface area contributed by atoms with Gasteiger partial charge < -0.3 is 14.7 Å². The summed E-state index contributed by atoms with van der Waals surface area (Å²) in [5.74, 6) is -2.62. The Morgan fingerprint density at radius 3 is 2.84 bits per heavy atom. The van der Waals surface area contributed by atoms with E-state index in [-0.39, 0.29) is 30.3 Å². The molecule has 2 rings (SSSR count). The highest BCUT2D eigenvalue weighted by molar-refractivity contribution is 6.30. The molecule has 5 nitrogen and oxygen atoms in total. The second-order valence-corrected chi connectivity index (χ2v) is 4.49. The molecule has 102 valence electrons. The van der Waals surface area contributed by atoms with Gasteiger partial charge in [-0.05, 0) is 18.2 Å². The van der Waals surface area contributed by atoms with Crippen molar-refractivity contribution in [2.24, 2.45) is 0 Å². The fourth-order valence-corrected chi connectivity index (χ4v) is 2.03. The highest BCUT2D eigenvalue weighted by Crippen LogP contribution is 2.18. The summed E-state index contributed by atoms with van der Waals surface area (Å²) in [6, 6.07) is 2.55. The summed E-state index contributed by atoms with van der Waals surface area (Å²) in [7, 11) is 0. The van der Waals surface area contributed by atoms with Crippen molar-refractivity contribution in [2.75, 3.05) is 19.8 Å². The number of carbonyl (C=O) groups is 2.